The van der Waals surface area contributed by atoms with Crippen LogP contribution >= 0.6 is 0 Å². The second-order valence-electron chi connectivity index (χ2n) is 5.73. The van der Waals surface area contributed by atoms with Crippen LogP contribution in [0.5, 0.6) is 0 Å². The highest BCUT2D eigenvalue weighted by atomic mass is 19.1. The number of nitrogens with zero attached hydrogens (tertiary/aromatic N) is 1. The maximum Gasteiger partial charge on any atom is 0.256 e. The van der Waals surface area contributed by atoms with Crippen molar-refractivity contribution in [2.45, 2.75) is 18.8 Å². The molecular weight excluding hydrogens is 300 g/mol. The highest BCUT2D eigenvalue weighted by Gasteiger charge is 2.27. The van der Waals surface area contributed by atoms with Crippen molar-refractivity contribution in [3.05, 3.63) is 59.2 Å². The Labute approximate surface area is 130 Å². The molecular formula is C17H13F2N3O. The van der Waals surface area contributed by atoms with Crippen LogP contribution in [0.2, 0.25) is 0 Å². The predicted octanol–water partition coefficient (Wildman–Crippen LogP) is 3.97. The van der Waals surface area contributed by atoms with Gasteiger partial charge in [-0.3, -0.25) is 9.89 Å². The summed E-state index contributed by atoms with van der Waals surface area (Å²) >= 11 is 0. The Kier molecular flexibility index (Phi) is 3.11. The van der Waals surface area contributed by atoms with Crippen molar-refractivity contribution in [3.63, 3.8) is 0 Å². The molecule has 1 aliphatic rings. The van der Waals surface area contributed by atoms with Gasteiger partial charge in [-0.25, -0.2) is 8.78 Å². The van der Waals surface area contributed by atoms with E-state index in [0.29, 0.717) is 16.9 Å². The lowest BCUT2D eigenvalue weighted by Crippen LogP contribution is -2.12. The van der Waals surface area contributed by atoms with Crippen LogP contribution in [0.4, 0.5) is 14.6 Å². The van der Waals surface area contributed by atoms with Crippen molar-refractivity contribution in [3.8, 4) is 0 Å². The second-order valence-corrected chi connectivity index (χ2v) is 5.73. The molecule has 0 aliphatic heterocycles. The molecule has 1 amide bonds. The molecule has 0 spiro atoms. The van der Waals surface area contributed by atoms with Gasteiger partial charge in [-0.2, -0.15) is 5.10 Å². The third kappa shape index (κ3) is 2.56. The summed E-state index contributed by atoms with van der Waals surface area (Å²) in [7, 11) is 0. The quantitative estimate of drug-likeness (QED) is 0.768. The molecule has 4 nitrogen and oxygen atoms in total. The van der Waals surface area contributed by atoms with Crippen molar-refractivity contribution in [2.24, 2.45) is 0 Å². The van der Waals surface area contributed by atoms with Gasteiger partial charge in [0.25, 0.3) is 5.91 Å². The summed E-state index contributed by atoms with van der Waals surface area (Å²) in [5.74, 6) is -0.554. The van der Waals surface area contributed by atoms with E-state index in [1.54, 1.807) is 0 Å². The lowest BCUT2D eigenvalue weighted by molar-refractivity contribution is 0.102. The van der Waals surface area contributed by atoms with Crippen molar-refractivity contribution in [1.82, 2.24) is 10.2 Å². The van der Waals surface area contributed by atoms with Gasteiger partial charge in [0.2, 0.25) is 0 Å². The molecule has 1 fully saturated rings. The normalized spacial score (nSPS) is 14.2. The molecule has 1 heterocycles. The number of anilines is 1. The number of hydrogen-bond acceptors (Lipinski definition) is 2. The molecule has 116 valence electrons. The number of halogens is 2. The molecule has 0 unspecified atom stereocenters. The van der Waals surface area contributed by atoms with Gasteiger partial charge >= 0.3 is 0 Å². The molecule has 0 saturated heterocycles. The number of hydrogen-bond donors (Lipinski definition) is 2. The number of rotatable bonds is 3. The minimum Gasteiger partial charge on any atom is -0.305 e. The van der Waals surface area contributed by atoms with Crippen molar-refractivity contribution in [2.75, 3.05) is 5.32 Å². The maximum absolute atomic E-state index is 13.9. The summed E-state index contributed by atoms with van der Waals surface area (Å²) in [5, 5.41) is 10.2. The van der Waals surface area contributed by atoms with Gasteiger partial charge in [0.05, 0.1) is 5.52 Å². The van der Waals surface area contributed by atoms with Gasteiger partial charge in [0, 0.05) is 10.9 Å². The van der Waals surface area contributed by atoms with Crippen molar-refractivity contribution >= 4 is 22.6 Å². The highest BCUT2D eigenvalue weighted by Crippen LogP contribution is 2.43. The molecule has 23 heavy (non-hydrogen) atoms. The van der Waals surface area contributed by atoms with Crippen LogP contribution < -0.4 is 5.32 Å². The van der Waals surface area contributed by atoms with Gasteiger partial charge < -0.3 is 5.32 Å². The van der Waals surface area contributed by atoms with Crippen LogP contribution in [-0.2, 0) is 0 Å². The Bertz CT molecular complexity index is 898. The molecule has 0 radical (unpaired) electrons. The zero-order chi connectivity index (χ0) is 16.0. The summed E-state index contributed by atoms with van der Waals surface area (Å²) < 4.78 is 26.8. The average molecular weight is 313 g/mol. The number of aromatic nitrogens is 2. The van der Waals surface area contributed by atoms with E-state index in [4.69, 9.17) is 0 Å². The van der Waals surface area contributed by atoms with Crippen LogP contribution in [0.1, 0.15) is 34.7 Å². The van der Waals surface area contributed by atoms with E-state index in [1.807, 2.05) is 0 Å². The Hall–Kier alpha value is -2.76. The van der Waals surface area contributed by atoms with E-state index in [9.17, 15) is 13.6 Å². The molecule has 4 rings (SSSR count). The molecule has 1 aromatic heterocycles. The highest BCUT2D eigenvalue weighted by molar-refractivity contribution is 6.08. The molecule has 3 aromatic rings. The number of benzene rings is 2. The summed E-state index contributed by atoms with van der Waals surface area (Å²) in [6.07, 6.45) is 2.07. The van der Waals surface area contributed by atoms with E-state index in [0.717, 1.165) is 23.9 Å². The van der Waals surface area contributed by atoms with E-state index < -0.39 is 11.7 Å². The van der Waals surface area contributed by atoms with E-state index >= 15 is 0 Å². The summed E-state index contributed by atoms with van der Waals surface area (Å²) in [5.41, 5.74) is 1.96. The van der Waals surface area contributed by atoms with Crippen LogP contribution in [0.25, 0.3) is 10.9 Å². The van der Waals surface area contributed by atoms with Crippen molar-refractivity contribution < 1.29 is 13.6 Å². The zero-order valence-electron chi connectivity index (χ0n) is 12.1. The maximum atomic E-state index is 13.9. The number of carbonyl (C=O) groups excluding carboxylic acids is 1. The first-order chi connectivity index (χ1) is 11.1. The number of aromatic amines is 1. The average Bonchev–Trinajstić information content (AvgIpc) is 3.30. The fraction of sp³-hybridized carbons (Fsp3) is 0.176. The Balaban J connectivity index is 1.69. The summed E-state index contributed by atoms with van der Waals surface area (Å²) in [6.45, 7) is 0. The van der Waals surface area contributed by atoms with Gasteiger partial charge in [0.15, 0.2) is 5.82 Å². The minimum atomic E-state index is -0.421. The first kappa shape index (κ1) is 13.9. The molecule has 0 bridgehead atoms. The van der Waals surface area contributed by atoms with Crippen LogP contribution in [-0.4, -0.2) is 16.1 Å². The molecule has 2 N–H and O–H groups in total. The number of fused-ring (bicyclic) bond motifs is 1. The van der Waals surface area contributed by atoms with E-state index in [1.165, 1.54) is 36.4 Å². The van der Waals surface area contributed by atoms with Crippen molar-refractivity contribution in [1.29, 1.82) is 0 Å². The second kappa shape index (κ2) is 5.15. The van der Waals surface area contributed by atoms with E-state index in [-0.39, 0.29) is 11.6 Å². The summed E-state index contributed by atoms with van der Waals surface area (Å²) in [6, 6.07) is 8.06. The fourth-order valence-corrected chi connectivity index (χ4v) is 2.70. The molecule has 1 saturated carbocycles. The van der Waals surface area contributed by atoms with Gasteiger partial charge in [-0.15, -0.1) is 0 Å². The van der Waals surface area contributed by atoms with Crippen LogP contribution in [0.3, 0.4) is 0 Å². The lowest BCUT2D eigenvalue weighted by atomic mass is 10.1. The van der Waals surface area contributed by atoms with Crippen LogP contribution in [0, 0.1) is 11.6 Å². The third-order valence-electron chi connectivity index (χ3n) is 4.02. The van der Waals surface area contributed by atoms with Crippen LogP contribution in [0.15, 0.2) is 36.4 Å². The largest absolute Gasteiger partial charge is 0.305 e. The number of nitrogens with one attached hydrogen (secondary N) is 2. The third-order valence-corrected chi connectivity index (χ3v) is 4.02. The SMILES string of the molecule is O=C(Nc1n[nH]c2c(C3CC3)cc(F)cc12)c1ccc(F)cc1. The number of carbonyl (C=O) groups is 1. The first-order valence-corrected chi connectivity index (χ1v) is 7.36. The fourth-order valence-electron chi connectivity index (χ4n) is 2.70. The molecule has 6 heteroatoms. The van der Waals surface area contributed by atoms with Gasteiger partial charge in [-0.05, 0) is 60.7 Å². The smallest absolute Gasteiger partial charge is 0.256 e. The monoisotopic (exact) mass is 313 g/mol. The summed E-state index contributed by atoms with van der Waals surface area (Å²) in [4.78, 5) is 12.2. The predicted molar refractivity (Wildman–Crippen MR) is 82.4 cm³/mol. The number of amides is 1. The Morgan fingerprint density at radius 3 is 2.57 bits per heavy atom. The van der Waals surface area contributed by atoms with Gasteiger partial charge in [-0.1, -0.05) is 0 Å². The Morgan fingerprint density at radius 2 is 1.87 bits per heavy atom. The zero-order valence-corrected chi connectivity index (χ0v) is 12.1. The number of H-pyrrole nitrogens is 1. The minimum absolute atomic E-state index is 0.274. The standard InChI is InChI=1S/C17H13F2N3O/c18-11-5-3-10(4-6-11)17(23)20-16-14-8-12(19)7-13(9-1-2-9)15(14)21-22-16/h3-9H,1-2H2,(H2,20,21,22,23). The van der Waals surface area contributed by atoms with E-state index in [2.05, 4.69) is 15.5 Å². The van der Waals surface area contributed by atoms with Gasteiger partial charge in [0.1, 0.15) is 11.6 Å². The lowest BCUT2D eigenvalue weighted by Gasteiger charge is -2.04. The first-order valence-electron chi connectivity index (χ1n) is 7.36. The molecule has 0 atom stereocenters. The topological polar surface area (TPSA) is 57.8 Å². The molecule has 2 aromatic carbocycles. The Morgan fingerprint density at radius 1 is 1.13 bits per heavy atom. The molecule has 1 aliphatic carbocycles.